The highest BCUT2D eigenvalue weighted by molar-refractivity contribution is 5.97. The Balaban J connectivity index is 2.45. The van der Waals surface area contributed by atoms with Gasteiger partial charge in [-0.15, -0.1) is 0 Å². The van der Waals surface area contributed by atoms with E-state index in [0.717, 1.165) is 17.5 Å². The highest BCUT2D eigenvalue weighted by Gasteiger charge is 2.13. The molecule has 0 spiro atoms. The predicted molar refractivity (Wildman–Crippen MR) is 53.6 cm³/mol. The largest absolute Gasteiger partial charge is 0.508 e. The monoisotopic (exact) mass is 189 g/mol. The van der Waals surface area contributed by atoms with Crippen LogP contribution in [0.4, 0.5) is 0 Å². The number of benzene rings is 1. The van der Waals surface area contributed by atoms with Crippen molar-refractivity contribution in [2.45, 2.75) is 12.8 Å². The van der Waals surface area contributed by atoms with Crippen molar-refractivity contribution in [1.29, 1.82) is 0 Å². The van der Waals surface area contributed by atoms with Gasteiger partial charge in [0.05, 0.1) is 0 Å². The first kappa shape index (κ1) is 8.81. The summed E-state index contributed by atoms with van der Waals surface area (Å²) in [5.74, 6) is -0.0941. The molecule has 1 aromatic carbocycles. The zero-order chi connectivity index (χ0) is 10.1. The number of aromatic hydroxyl groups is 1. The molecule has 0 heterocycles. The SMILES string of the molecule is NC(=O)C1=Cc2ccc(O)cc2CC1. The van der Waals surface area contributed by atoms with Gasteiger partial charge < -0.3 is 10.8 Å². The lowest BCUT2D eigenvalue weighted by Gasteiger charge is -2.14. The van der Waals surface area contributed by atoms with Crippen LogP contribution in [0.25, 0.3) is 6.08 Å². The van der Waals surface area contributed by atoms with Gasteiger partial charge in [-0.05, 0) is 42.2 Å². The van der Waals surface area contributed by atoms with E-state index >= 15 is 0 Å². The summed E-state index contributed by atoms with van der Waals surface area (Å²) in [6.45, 7) is 0. The first-order chi connectivity index (χ1) is 6.66. The smallest absolute Gasteiger partial charge is 0.244 e. The summed E-state index contributed by atoms with van der Waals surface area (Å²) in [4.78, 5) is 10.9. The summed E-state index contributed by atoms with van der Waals surface area (Å²) < 4.78 is 0. The van der Waals surface area contributed by atoms with E-state index in [4.69, 9.17) is 5.73 Å². The van der Waals surface area contributed by atoms with Crippen LogP contribution in [0.3, 0.4) is 0 Å². The van der Waals surface area contributed by atoms with Crippen molar-refractivity contribution < 1.29 is 9.90 Å². The molecule has 0 saturated carbocycles. The lowest BCUT2D eigenvalue weighted by molar-refractivity contribution is -0.114. The third-order valence-corrected chi connectivity index (χ3v) is 2.44. The third kappa shape index (κ3) is 1.48. The molecule has 14 heavy (non-hydrogen) atoms. The molecule has 0 saturated heterocycles. The molecule has 0 unspecified atom stereocenters. The molecule has 0 fully saturated rings. The van der Waals surface area contributed by atoms with E-state index in [2.05, 4.69) is 0 Å². The van der Waals surface area contributed by atoms with Crippen molar-refractivity contribution in [2.24, 2.45) is 5.73 Å². The molecule has 3 heteroatoms. The Labute approximate surface area is 81.9 Å². The van der Waals surface area contributed by atoms with Gasteiger partial charge in [0, 0.05) is 5.57 Å². The van der Waals surface area contributed by atoms with Crippen LogP contribution in [0.15, 0.2) is 23.8 Å². The lowest BCUT2D eigenvalue weighted by Crippen LogP contribution is -2.16. The molecule has 1 aromatic rings. The van der Waals surface area contributed by atoms with E-state index in [1.807, 2.05) is 0 Å². The summed E-state index contributed by atoms with van der Waals surface area (Å²) >= 11 is 0. The molecule has 3 nitrogen and oxygen atoms in total. The summed E-state index contributed by atoms with van der Waals surface area (Å²) in [7, 11) is 0. The molecule has 0 bridgehead atoms. The van der Waals surface area contributed by atoms with Crippen LogP contribution in [0.5, 0.6) is 5.75 Å². The van der Waals surface area contributed by atoms with Gasteiger partial charge in [0.25, 0.3) is 0 Å². The number of hydrogen-bond acceptors (Lipinski definition) is 2. The second-order valence-electron chi connectivity index (χ2n) is 3.42. The number of rotatable bonds is 1. The van der Waals surface area contributed by atoms with E-state index in [0.29, 0.717) is 12.0 Å². The Hall–Kier alpha value is -1.77. The van der Waals surface area contributed by atoms with E-state index in [1.54, 1.807) is 24.3 Å². The molecule has 3 N–H and O–H groups in total. The number of fused-ring (bicyclic) bond motifs is 1. The number of amides is 1. The van der Waals surface area contributed by atoms with Crippen LogP contribution in [0, 0.1) is 0 Å². The minimum atomic E-state index is -0.358. The average Bonchev–Trinajstić information content (AvgIpc) is 2.16. The lowest BCUT2D eigenvalue weighted by atomic mass is 9.92. The molecule has 0 atom stereocenters. The minimum absolute atomic E-state index is 0.264. The number of carbonyl (C=O) groups is 1. The van der Waals surface area contributed by atoms with Crippen LogP contribution >= 0.6 is 0 Å². The zero-order valence-corrected chi connectivity index (χ0v) is 7.66. The minimum Gasteiger partial charge on any atom is -0.508 e. The average molecular weight is 189 g/mol. The maximum absolute atomic E-state index is 10.9. The summed E-state index contributed by atoms with van der Waals surface area (Å²) in [5.41, 5.74) is 7.89. The molecule has 72 valence electrons. The van der Waals surface area contributed by atoms with E-state index in [-0.39, 0.29) is 11.7 Å². The van der Waals surface area contributed by atoms with Crippen molar-refractivity contribution in [3.8, 4) is 5.75 Å². The molecule has 0 radical (unpaired) electrons. The topological polar surface area (TPSA) is 63.3 Å². The second-order valence-corrected chi connectivity index (χ2v) is 3.42. The van der Waals surface area contributed by atoms with Gasteiger partial charge >= 0.3 is 0 Å². The Bertz CT molecular complexity index is 421. The van der Waals surface area contributed by atoms with Crippen LogP contribution in [0.2, 0.25) is 0 Å². The van der Waals surface area contributed by atoms with Crippen LogP contribution in [-0.4, -0.2) is 11.0 Å². The van der Waals surface area contributed by atoms with E-state index < -0.39 is 0 Å². The maximum atomic E-state index is 10.9. The van der Waals surface area contributed by atoms with Gasteiger partial charge in [0.1, 0.15) is 5.75 Å². The normalized spacial score (nSPS) is 14.4. The number of carbonyl (C=O) groups excluding carboxylic acids is 1. The Morgan fingerprint density at radius 2 is 2.14 bits per heavy atom. The van der Waals surface area contributed by atoms with Crippen LogP contribution in [0.1, 0.15) is 17.5 Å². The van der Waals surface area contributed by atoms with Crippen molar-refractivity contribution in [3.63, 3.8) is 0 Å². The Kier molecular flexibility index (Phi) is 2.00. The number of phenols is 1. The molecule has 0 aliphatic heterocycles. The van der Waals surface area contributed by atoms with Crippen molar-refractivity contribution in [1.82, 2.24) is 0 Å². The molecule has 1 amide bonds. The second kappa shape index (κ2) is 3.18. The Morgan fingerprint density at radius 1 is 1.36 bits per heavy atom. The standard InChI is InChI=1S/C11H11NO2/c12-11(14)9-2-1-8-6-10(13)4-3-7(8)5-9/h3-6,13H,1-2H2,(H2,12,14). The highest BCUT2D eigenvalue weighted by atomic mass is 16.3. The summed E-state index contributed by atoms with van der Waals surface area (Å²) in [5, 5.41) is 9.25. The van der Waals surface area contributed by atoms with E-state index in [9.17, 15) is 9.90 Å². The molecular formula is C11H11NO2. The molecule has 1 aliphatic carbocycles. The fourth-order valence-electron chi connectivity index (χ4n) is 1.67. The molecular weight excluding hydrogens is 178 g/mol. The molecule has 1 aliphatic rings. The van der Waals surface area contributed by atoms with Crippen molar-refractivity contribution in [3.05, 3.63) is 34.9 Å². The fourth-order valence-corrected chi connectivity index (χ4v) is 1.67. The number of aryl methyl sites for hydroxylation is 1. The van der Waals surface area contributed by atoms with Gasteiger partial charge in [-0.2, -0.15) is 0 Å². The van der Waals surface area contributed by atoms with E-state index in [1.165, 1.54) is 0 Å². The van der Waals surface area contributed by atoms with Gasteiger partial charge in [-0.3, -0.25) is 4.79 Å². The third-order valence-electron chi connectivity index (χ3n) is 2.44. The van der Waals surface area contributed by atoms with Gasteiger partial charge in [0.15, 0.2) is 0 Å². The number of primary amides is 1. The van der Waals surface area contributed by atoms with Crippen LogP contribution < -0.4 is 5.73 Å². The first-order valence-corrected chi connectivity index (χ1v) is 4.49. The Morgan fingerprint density at radius 3 is 2.86 bits per heavy atom. The fraction of sp³-hybridized carbons (Fsp3) is 0.182. The number of hydrogen-bond donors (Lipinski definition) is 2. The summed E-state index contributed by atoms with van der Waals surface area (Å²) in [6, 6.07) is 5.13. The van der Waals surface area contributed by atoms with Gasteiger partial charge in [-0.25, -0.2) is 0 Å². The van der Waals surface area contributed by atoms with Gasteiger partial charge in [-0.1, -0.05) is 6.07 Å². The predicted octanol–water partition coefficient (Wildman–Crippen LogP) is 1.21. The van der Waals surface area contributed by atoms with Crippen molar-refractivity contribution >= 4 is 12.0 Å². The summed E-state index contributed by atoms with van der Waals surface area (Å²) in [6.07, 6.45) is 3.21. The van der Waals surface area contributed by atoms with Gasteiger partial charge in [0.2, 0.25) is 5.91 Å². The van der Waals surface area contributed by atoms with Crippen LogP contribution in [-0.2, 0) is 11.2 Å². The molecule has 0 aromatic heterocycles. The molecule has 2 rings (SSSR count). The zero-order valence-electron chi connectivity index (χ0n) is 7.66. The quantitative estimate of drug-likeness (QED) is 0.697. The van der Waals surface area contributed by atoms with Crippen molar-refractivity contribution in [2.75, 3.05) is 0 Å². The first-order valence-electron chi connectivity index (χ1n) is 4.49. The number of phenolic OH excluding ortho intramolecular Hbond substituents is 1. The highest BCUT2D eigenvalue weighted by Crippen LogP contribution is 2.26. The number of nitrogens with two attached hydrogens (primary N) is 1. The maximum Gasteiger partial charge on any atom is 0.244 e.